The van der Waals surface area contributed by atoms with E-state index in [-0.39, 0.29) is 10.9 Å². The van der Waals surface area contributed by atoms with Crippen LogP contribution in [0.1, 0.15) is 35.2 Å². The first-order chi connectivity index (χ1) is 15.2. The van der Waals surface area contributed by atoms with Gasteiger partial charge in [-0.2, -0.15) is 9.82 Å². The Labute approximate surface area is 202 Å². The highest BCUT2D eigenvalue weighted by Crippen LogP contribution is 2.33. The van der Waals surface area contributed by atoms with E-state index in [9.17, 15) is 8.42 Å². The lowest BCUT2D eigenvalue weighted by molar-refractivity contribution is 0.576. The van der Waals surface area contributed by atoms with Crippen LogP contribution in [0, 0.1) is 6.92 Å². The molecule has 9 heteroatoms. The summed E-state index contributed by atoms with van der Waals surface area (Å²) in [5.41, 5.74) is 6.25. The molecular formula is C23H20Cl3N3O2S. The molecule has 3 aromatic rings. The lowest BCUT2D eigenvalue weighted by Crippen LogP contribution is -2.33. The molecule has 0 aromatic heterocycles. The van der Waals surface area contributed by atoms with Crippen LogP contribution in [-0.4, -0.2) is 14.1 Å². The molecule has 0 fully saturated rings. The Balaban J connectivity index is 1.67. The number of benzene rings is 3. The molecule has 5 nitrogen and oxygen atoms in total. The van der Waals surface area contributed by atoms with Crippen LogP contribution in [0.4, 0.5) is 0 Å². The largest absolute Gasteiger partial charge is 0.302 e. The standard InChI is InChI=1S/C23H20Cl3N3O2S/c1-14-2-9-18(10-3-14)32(30,31)29-23(19-11-8-17(25)12-20(19)26)22-13-21(27-28-22)15-4-6-16(24)7-5-15/h2-12,21,23,27,29H,13H2,1H3. The molecule has 0 aliphatic carbocycles. The Kier molecular flexibility index (Phi) is 6.79. The highest BCUT2D eigenvalue weighted by molar-refractivity contribution is 7.89. The van der Waals surface area contributed by atoms with Gasteiger partial charge >= 0.3 is 0 Å². The third kappa shape index (κ3) is 5.11. The van der Waals surface area contributed by atoms with Crippen molar-refractivity contribution in [1.29, 1.82) is 0 Å². The second-order valence-electron chi connectivity index (χ2n) is 7.57. The topological polar surface area (TPSA) is 70.6 Å². The number of rotatable bonds is 6. The fourth-order valence-corrected chi connectivity index (χ4v) is 5.37. The average molecular weight is 509 g/mol. The normalized spacial score (nSPS) is 17.0. The molecule has 0 saturated carbocycles. The summed E-state index contributed by atoms with van der Waals surface area (Å²) in [5, 5.41) is 5.92. The molecule has 1 aliphatic rings. The molecule has 0 saturated heterocycles. The Morgan fingerprint density at radius 3 is 2.28 bits per heavy atom. The first-order valence-electron chi connectivity index (χ1n) is 9.84. The number of hydrazone groups is 1. The highest BCUT2D eigenvalue weighted by atomic mass is 35.5. The van der Waals surface area contributed by atoms with Crippen molar-refractivity contribution in [3.05, 3.63) is 98.5 Å². The van der Waals surface area contributed by atoms with E-state index < -0.39 is 16.1 Å². The van der Waals surface area contributed by atoms with E-state index in [2.05, 4.69) is 15.2 Å². The maximum atomic E-state index is 13.2. The first-order valence-corrected chi connectivity index (χ1v) is 12.5. The molecule has 2 unspecified atom stereocenters. The number of halogens is 3. The summed E-state index contributed by atoms with van der Waals surface area (Å²) in [6.45, 7) is 1.90. The van der Waals surface area contributed by atoms with Crippen molar-refractivity contribution in [1.82, 2.24) is 10.1 Å². The molecule has 1 heterocycles. The second kappa shape index (κ2) is 9.41. The molecule has 166 valence electrons. The quantitative estimate of drug-likeness (QED) is 0.425. The Hall–Kier alpha value is -2.09. The van der Waals surface area contributed by atoms with Gasteiger partial charge in [0, 0.05) is 21.5 Å². The molecule has 2 N–H and O–H groups in total. The van der Waals surface area contributed by atoms with E-state index in [0.717, 1.165) is 11.1 Å². The number of sulfonamides is 1. The van der Waals surface area contributed by atoms with Gasteiger partial charge in [-0.3, -0.25) is 0 Å². The lowest BCUT2D eigenvalue weighted by Gasteiger charge is -2.21. The minimum absolute atomic E-state index is 0.111. The van der Waals surface area contributed by atoms with Crippen molar-refractivity contribution in [2.45, 2.75) is 30.3 Å². The van der Waals surface area contributed by atoms with E-state index >= 15 is 0 Å². The molecule has 0 radical (unpaired) electrons. The van der Waals surface area contributed by atoms with E-state index in [1.165, 1.54) is 0 Å². The van der Waals surface area contributed by atoms with E-state index in [4.69, 9.17) is 34.8 Å². The fraction of sp³-hybridized carbons (Fsp3) is 0.174. The van der Waals surface area contributed by atoms with Crippen LogP contribution in [0.15, 0.2) is 76.7 Å². The van der Waals surface area contributed by atoms with Gasteiger partial charge in [0.15, 0.2) is 0 Å². The van der Waals surface area contributed by atoms with Gasteiger partial charge in [0.2, 0.25) is 10.0 Å². The van der Waals surface area contributed by atoms with Crippen LogP contribution in [0.2, 0.25) is 15.1 Å². The Bertz CT molecular complexity index is 1260. The van der Waals surface area contributed by atoms with Crippen LogP contribution < -0.4 is 10.1 Å². The maximum Gasteiger partial charge on any atom is 0.241 e. The number of hydrogen-bond acceptors (Lipinski definition) is 4. The summed E-state index contributed by atoms with van der Waals surface area (Å²) in [6.07, 6.45) is 0.488. The van der Waals surface area contributed by atoms with Crippen LogP contribution in [0.3, 0.4) is 0 Å². The third-order valence-electron chi connectivity index (χ3n) is 5.26. The Morgan fingerprint density at radius 2 is 1.62 bits per heavy atom. The first kappa shape index (κ1) is 23.1. The van der Waals surface area contributed by atoms with Crippen molar-refractivity contribution in [2.75, 3.05) is 0 Å². The molecule has 0 amide bonds. The van der Waals surface area contributed by atoms with Gasteiger partial charge in [-0.1, -0.05) is 70.7 Å². The van der Waals surface area contributed by atoms with E-state index in [1.807, 2.05) is 31.2 Å². The molecule has 3 aromatic carbocycles. The molecule has 32 heavy (non-hydrogen) atoms. The van der Waals surface area contributed by atoms with E-state index in [0.29, 0.717) is 32.8 Å². The van der Waals surface area contributed by atoms with Crippen molar-refractivity contribution >= 4 is 50.5 Å². The number of aryl methyl sites for hydroxylation is 1. The van der Waals surface area contributed by atoms with Gasteiger partial charge in [0.25, 0.3) is 0 Å². The summed E-state index contributed by atoms with van der Waals surface area (Å²) >= 11 is 18.5. The van der Waals surface area contributed by atoms with Crippen LogP contribution in [-0.2, 0) is 10.0 Å². The van der Waals surface area contributed by atoms with Gasteiger partial charge in [0.1, 0.15) is 0 Å². The average Bonchev–Trinajstić information content (AvgIpc) is 3.23. The predicted octanol–water partition coefficient (Wildman–Crippen LogP) is 6.07. The second-order valence-corrected chi connectivity index (χ2v) is 10.6. The molecule has 1 aliphatic heterocycles. The van der Waals surface area contributed by atoms with Crippen molar-refractivity contribution in [2.24, 2.45) is 5.10 Å². The van der Waals surface area contributed by atoms with Crippen LogP contribution in [0.25, 0.3) is 0 Å². The zero-order valence-electron chi connectivity index (χ0n) is 17.0. The summed E-state index contributed by atoms with van der Waals surface area (Å²) < 4.78 is 29.1. The van der Waals surface area contributed by atoms with Gasteiger partial charge in [-0.25, -0.2) is 8.42 Å². The van der Waals surface area contributed by atoms with Gasteiger partial charge < -0.3 is 5.43 Å². The summed E-state index contributed by atoms with van der Waals surface area (Å²) in [4.78, 5) is 0.166. The van der Waals surface area contributed by atoms with Gasteiger partial charge in [-0.05, 0) is 54.4 Å². The molecule has 2 atom stereocenters. The van der Waals surface area contributed by atoms with Crippen LogP contribution >= 0.6 is 34.8 Å². The number of nitrogens with one attached hydrogen (secondary N) is 2. The lowest BCUT2D eigenvalue weighted by atomic mass is 9.96. The van der Waals surface area contributed by atoms with E-state index in [1.54, 1.807) is 42.5 Å². The number of hydrogen-bond donors (Lipinski definition) is 2. The monoisotopic (exact) mass is 507 g/mol. The van der Waals surface area contributed by atoms with Gasteiger partial charge in [-0.15, -0.1) is 0 Å². The SMILES string of the molecule is Cc1ccc(S(=O)(=O)NC(C2=NNC(c3ccc(Cl)cc3)C2)c2ccc(Cl)cc2Cl)cc1. The van der Waals surface area contributed by atoms with Crippen molar-refractivity contribution < 1.29 is 8.42 Å². The number of nitrogens with zero attached hydrogens (tertiary/aromatic N) is 1. The Morgan fingerprint density at radius 1 is 0.969 bits per heavy atom. The molecule has 0 spiro atoms. The minimum atomic E-state index is -3.84. The zero-order chi connectivity index (χ0) is 22.9. The molecular weight excluding hydrogens is 489 g/mol. The summed E-state index contributed by atoms with van der Waals surface area (Å²) in [7, 11) is -3.84. The van der Waals surface area contributed by atoms with Crippen molar-refractivity contribution in [3.8, 4) is 0 Å². The minimum Gasteiger partial charge on any atom is -0.302 e. The molecule has 0 bridgehead atoms. The third-order valence-corrected chi connectivity index (χ3v) is 7.51. The van der Waals surface area contributed by atoms with Gasteiger partial charge in [0.05, 0.1) is 22.7 Å². The van der Waals surface area contributed by atoms with Crippen molar-refractivity contribution in [3.63, 3.8) is 0 Å². The maximum absolute atomic E-state index is 13.2. The fourth-order valence-electron chi connectivity index (χ4n) is 3.52. The highest BCUT2D eigenvalue weighted by Gasteiger charge is 2.32. The smallest absolute Gasteiger partial charge is 0.241 e. The summed E-state index contributed by atoms with van der Waals surface area (Å²) in [5.74, 6) is 0. The predicted molar refractivity (Wildman–Crippen MR) is 130 cm³/mol. The molecule has 4 rings (SSSR count). The zero-order valence-corrected chi connectivity index (χ0v) is 20.1. The summed E-state index contributed by atoms with van der Waals surface area (Å²) in [6, 6.07) is 18.2. The van der Waals surface area contributed by atoms with Crippen LogP contribution in [0.5, 0.6) is 0 Å².